The fourth-order valence-electron chi connectivity index (χ4n) is 7.88. The van der Waals surface area contributed by atoms with Crippen molar-refractivity contribution >= 4 is 18.3 Å². The fraction of sp³-hybridized carbons (Fsp3) is 0.902. The first-order valence-corrected chi connectivity index (χ1v) is 24.6. The van der Waals surface area contributed by atoms with Gasteiger partial charge in [0, 0.05) is 31.8 Å². The molecule has 2 saturated heterocycles. The van der Waals surface area contributed by atoms with E-state index >= 15 is 0 Å². The molecule has 302 valence electrons. The monoisotopic (exact) mass is 771 g/mol. The highest BCUT2D eigenvalue weighted by Crippen LogP contribution is 2.48. The summed E-state index contributed by atoms with van der Waals surface area (Å²) in [5.41, 5.74) is -1.03. The standard InChI is InChI=1S/C41H75N2O7PS/c1-4-6-8-10-12-14-16-18-20-22-24-26-28-31-41(32-29-27-25-23-21-19-17-15-13-11-9-7-5-2)49-37-35(34-47-51(3,46)52)48-39(38(37)50-41)43-33-30-36(44)42-40(43)45/h30,33,35,37-39H,4-29,31-32,34H2,1-3H3,(H,46,52)(H,42,44,45). The zero-order valence-electron chi connectivity index (χ0n) is 33.2. The number of hydrogen-bond acceptors (Lipinski definition) is 7. The Morgan fingerprint density at radius 3 is 1.52 bits per heavy atom. The van der Waals surface area contributed by atoms with Crippen LogP contribution in [0.4, 0.5) is 0 Å². The lowest BCUT2D eigenvalue weighted by molar-refractivity contribution is -0.227. The van der Waals surface area contributed by atoms with E-state index in [2.05, 4.69) is 18.8 Å². The van der Waals surface area contributed by atoms with Crippen LogP contribution in [0.5, 0.6) is 0 Å². The van der Waals surface area contributed by atoms with Crippen molar-refractivity contribution in [3.8, 4) is 0 Å². The van der Waals surface area contributed by atoms with Crippen molar-refractivity contribution in [3.05, 3.63) is 33.1 Å². The van der Waals surface area contributed by atoms with Gasteiger partial charge in [-0.15, -0.1) is 0 Å². The van der Waals surface area contributed by atoms with E-state index < -0.39 is 48.1 Å². The Hall–Kier alpha value is -0.870. The summed E-state index contributed by atoms with van der Waals surface area (Å²) in [7, 11) is 0. The Kier molecular flexibility index (Phi) is 22.8. The molecule has 2 aliphatic heterocycles. The van der Waals surface area contributed by atoms with Gasteiger partial charge in [0.05, 0.1) is 6.61 Å². The average Bonchev–Trinajstić information content (AvgIpc) is 3.63. The third kappa shape index (κ3) is 17.7. The van der Waals surface area contributed by atoms with E-state index in [1.165, 1.54) is 165 Å². The van der Waals surface area contributed by atoms with Crippen molar-refractivity contribution in [2.24, 2.45) is 0 Å². The molecule has 3 rings (SSSR count). The number of aromatic nitrogens is 2. The Balaban J connectivity index is 1.53. The summed E-state index contributed by atoms with van der Waals surface area (Å²) >= 11 is 5.15. The predicted octanol–water partition coefficient (Wildman–Crippen LogP) is 10.8. The molecule has 1 aromatic heterocycles. The van der Waals surface area contributed by atoms with Gasteiger partial charge in [0.25, 0.3) is 5.56 Å². The molecule has 11 heteroatoms. The Bertz CT molecular complexity index is 1210. The first-order valence-electron chi connectivity index (χ1n) is 21.5. The smallest absolute Gasteiger partial charge is 0.330 e. The molecular formula is C41H75N2O7PS. The van der Waals surface area contributed by atoms with Crippen LogP contribution in [0.1, 0.15) is 200 Å². The molecule has 0 aliphatic carbocycles. The minimum atomic E-state index is -2.94. The summed E-state index contributed by atoms with van der Waals surface area (Å²) in [4.78, 5) is 37.3. The van der Waals surface area contributed by atoms with Gasteiger partial charge in [0.15, 0.2) is 18.5 Å². The number of nitrogens with one attached hydrogen (secondary N) is 1. The normalized spacial score (nSPS) is 22.2. The van der Waals surface area contributed by atoms with Gasteiger partial charge in [-0.3, -0.25) is 14.3 Å². The lowest BCUT2D eigenvalue weighted by Gasteiger charge is -2.32. The van der Waals surface area contributed by atoms with Crippen molar-refractivity contribution < 1.29 is 23.6 Å². The maximum absolute atomic E-state index is 12.9. The topological polar surface area (TPSA) is 112 Å². The van der Waals surface area contributed by atoms with Gasteiger partial charge in [-0.1, -0.05) is 168 Å². The molecule has 2 fully saturated rings. The van der Waals surface area contributed by atoms with Crippen LogP contribution >= 0.6 is 6.49 Å². The summed E-state index contributed by atoms with van der Waals surface area (Å²) in [5, 5.41) is 0. The molecule has 0 bridgehead atoms. The minimum absolute atomic E-state index is 0.0387. The average molecular weight is 771 g/mol. The van der Waals surface area contributed by atoms with Crippen LogP contribution in [0, 0.1) is 0 Å². The molecule has 5 unspecified atom stereocenters. The molecular weight excluding hydrogens is 695 g/mol. The SMILES string of the molecule is CCCCCCCCCCCCCCCC1(CCCCCCCCCCCCCCC)OC2C(COP(C)(O)=S)OC(n3ccc(=O)[nH]c3=O)C2O1. The van der Waals surface area contributed by atoms with Crippen LogP contribution in [0.2, 0.25) is 0 Å². The van der Waals surface area contributed by atoms with Crippen molar-refractivity contribution in [2.45, 2.75) is 224 Å². The number of aromatic amines is 1. The van der Waals surface area contributed by atoms with E-state index in [9.17, 15) is 14.5 Å². The van der Waals surface area contributed by atoms with E-state index in [-0.39, 0.29) is 6.61 Å². The molecule has 0 radical (unpaired) electrons. The number of fused-ring (bicyclic) bond motifs is 1. The summed E-state index contributed by atoms with van der Waals surface area (Å²) in [6.07, 6.45) is 34.2. The molecule has 0 amide bonds. The highest BCUT2D eigenvalue weighted by molar-refractivity contribution is 8.09. The minimum Gasteiger partial charge on any atom is -0.346 e. The molecule has 3 heterocycles. The molecule has 0 saturated carbocycles. The summed E-state index contributed by atoms with van der Waals surface area (Å²) < 4.78 is 27.1. The molecule has 2 aliphatic rings. The zero-order chi connectivity index (χ0) is 37.5. The Morgan fingerprint density at radius 1 is 0.712 bits per heavy atom. The summed E-state index contributed by atoms with van der Waals surface area (Å²) in [6.45, 7) is 3.15. The number of ether oxygens (including phenoxy) is 3. The third-order valence-corrected chi connectivity index (χ3v) is 11.9. The van der Waals surface area contributed by atoms with Gasteiger partial charge in [-0.05, 0) is 24.6 Å². The van der Waals surface area contributed by atoms with Crippen LogP contribution in [0.25, 0.3) is 0 Å². The second kappa shape index (κ2) is 26.1. The highest BCUT2D eigenvalue weighted by Gasteiger charge is 2.58. The van der Waals surface area contributed by atoms with Gasteiger partial charge in [-0.2, -0.15) is 0 Å². The molecule has 9 nitrogen and oxygen atoms in total. The van der Waals surface area contributed by atoms with Crippen LogP contribution in [-0.4, -0.2) is 51.8 Å². The largest absolute Gasteiger partial charge is 0.346 e. The second-order valence-corrected chi connectivity index (χ2v) is 19.6. The molecule has 52 heavy (non-hydrogen) atoms. The maximum Gasteiger partial charge on any atom is 0.330 e. The van der Waals surface area contributed by atoms with Gasteiger partial charge < -0.3 is 23.6 Å². The highest BCUT2D eigenvalue weighted by atomic mass is 32.5. The number of hydrogen-bond donors (Lipinski definition) is 2. The lowest BCUT2D eigenvalue weighted by atomic mass is 9.98. The van der Waals surface area contributed by atoms with Crippen molar-refractivity contribution in [1.82, 2.24) is 9.55 Å². The Morgan fingerprint density at radius 2 is 1.12 bits per heavy atom. The first kappa shape index (κ1) is 45.5. The van der Waals surface area contributed by atoms with Gasteiger partial charge in [0.2, 0.25) is 0 Å². The predicted molar refractivity (Wildman–Crippen MR) is 217 cm³/mol. The van der Waals surface area contributed by atoms with Gasteiger partial charge in [0.1, 0.15) is 18.3 Å². The van der Waals surface area contributed by atoms with Crippen molar-refractivity contribution in [2.75, 3.05) is 13.3 Å². The molecule has 2 N–H and O–H groups in total. The van der Waals surface area contributed by atoms with Crippen LogP contribution in [0.3, 0.4) is 0 Å². The molecule has 0 aromatic carbocycles. The number of rotatable bonds is 32. The maximum atomic E-state index is 12.9. The van der Waals surface area contributed by atoms with E-state index in [1.807, 2.05) is 0 Å². The number of unbranched alkanes of at least 4 members (excludes halogenated alkanes) is 24. The molecule has 5 atom stereocenters. The summed E-state index contributed by atoms with van der Waals surface area (Å²) in [5.74, 6) is -0.775. The van der Waals surface area contributed by atoms with Crippen LogP contribution in [0.15, 0.2) is 21.9 Å². The third-order valence-electron chi connectivity index (χ3n) is 10.9. The molecule has 0 spiro atoms. The lowest BCUT2D eigenvalue weighted by Crippen LogP contribution is -2.38. The molecule has 1 aromatic rings. The number of nitrogens with zero attached hydrogens (tertiary/aromatic N) is 1. The van der Waals surface area contributed by atoms with Crippen molar-refractivity contribution in [1.29, 1.82) is 0 Å². The fourth-order valence-corrected chi connectivity index (χ4v) is 8.49. The quantitative estimate of drug-likeness (QED) is 0.0550. The Labute approximate surface area is 320 Å². The summed E-state index contributed by atoms with van der Waals surface area (Å²) in [6, 6.07) is 1.31. The second-order valence-electron chi connectivity index (χ2n) is 15.7. The van der Waals surface area contributed by atoms with Crippen LogP contribution < -0.4 is 11.2 Å². The first-order chi connectivity index (χ1) is 25.2. The van der Waals surface area contributed by atoms with E-state index in [0.29, 0.717) is 0 Å². The van der Waals surface area contributed by atoms with E-state index in [1.54, 1.807) is 0 Å². The van der Waals surface area contributed by atoms with E-state index in [0.717, 1.165) is 38.5 Å². The van der Waals surface area contributed by atoms with Gasteiger partial charge in [-0.25, -0.2) is 4.79 Å². The zero-order valence-corrected chi connectivity index (χ0v) is 34.9. The van der Waals surface area contributed by atoms with Crippen LogP contribution in [-0.2, 0) is 30.5 Å². The number of H-pyrrole nitrogens is 1. The van der Waals surface area contributed by atoms with Crippen molar-refractivity contribution in [3.63, 3.8) is 0 Å². The van der Waals surface area contributed by atoms with Gasteiger partial charge >= 0.3 is 5.69 Å². The van der Waals surface area contributed by atoms with E-state index in [4.69, 9.17) is 30.5 Å².